The predicted octanol–water partition coefficient (Wildman–Crippen LogP) is 7.51. The van der Waals surface area contributed by atoms with Crippen LogP contribution < -0.4 is 14.4 Å². The van der Waals surface area contributed by atoms with Gasteiger partial charge < -0.3 is 19.5 Å². The van der Waals surface area contributed by atoms with E-state index in [4.69, 9.17) is 14.5 Å². The molecule has 0 saturated heterocycles. The van der Waals surface area contributed by atoms with E-state index in [1.165, 1.54) is 42.9 Å². The molecule has 4 rings (SSSR count). The van der Waals surface area contributed by atoms with Gasteiger partial charge in [0, 0.05) is 17.5 Å². The number of carboxylic acids is 1. The summed E-state index contributed by atoms with van der Waals surface area (Å²) in [5.41, 5.74) is 1.09. The van der Waals surface area contributed by atoms with E-state index >= 15 is 0 Å². The number of carboxylic acid groups (broad SMARTS) is 1. The van der Waals surface area contributed by atoms with E-state index in [1.54, 1.807) is 18.2 Å². The number of rotatable bonds is 12. The van der Waals surface area contributed by atoms with Gasteiger partial charge in [0.15, 0.2) is 10.7 Å². The van der Waals surface area contributed by atoms with Crippen molar-refractivity contribution in [2.75, 3.05) is 24.6 Å². The fourth-order valence-electron chi connectivity index (χ4n) is 4.00. The normalized spacial score (nSPS) is 11.8. The smallest absolute Gasteiger partial charge is 0.416 e. The van der Waals surface area contributed by atoms with Crippen LogP contribution in [-0.2, 0) is 17.4 Å². The molecule has 216 valence electrons. The maximum absolute atomic E-state index is 13.0. The number of carbonyl (C=O) groups is 1. The second-order valence-corrected chi connectivity index (χ2v) is 10.8. The van der Waals surface area contributed by atoms with Crippen molar-refractivity contribution in [3.05, 3.63) is 94.9 Å². The summed E-state index contributed by atoms with van der Waals surface area (Å²) in [6.07, 6.45) is -3.61. The number of alkyl halides is 3. The van der Waals surface area contributed by atoms with Crippen molar-refractivity contribution in [3.8, 4) is 22.8 Å². The lowest BCUT2D eigenvalue weighted by Gasteiger charge is -2.23. The van der Waals surface area contributed by atoms with Crippen LogP contribution in [0.3, 0.4) is 0 Å². The number of hydrogen-bond donors (Lipinski definition) is 1. The molecule has 0 aliphatic rings. The molecule has 0 unspecified atom stereocenters. The second-order valence-electron chi connectivity index (χ2n) is 10.0. The van der Waals surface area contributed by atoms with Crippen molar-refractivity contribution in [1.82, 2.24) is 4.98 Å². The van der Waals surface area contributed by atoms with Crippen LogP contribution in [0.4, 0.5) is 18.3 Å². The monoisotopic (exact) mass is 584 g/mol. The minimum absolute atomic E-state index is 0.351. The van der Waals surface area contributed by atoms with Crippen molar-refractivity contribution < 1.29 is 32.5 Å². The van der Waals surface area contributed by atoms with Crippen LogP contribution >= 0.6 is 11.3 Å². The van der Waals surface area contributed by atoms with Gasteiger partial charge in [0.1, 0.15) is 18.1 Å². The quantitative estimate of drug-likeness (QED) is 0.186. The second kappa shape index (κ2) is 12.6. The van der Waals surface area contributed by atoms with Gasteiger partial charge in [-0.15, -0.1) is 11.3 Å². The van der Waals surface area contributed by atoms with E-state index in [1.807, 2.05) is 30.5 Å². The lowest BCUT2D eigenvalue weighted by molar-refractivity contribution is -0.152. The molecule has 4 aromatic rings. The zero-order valence-electron chi connectivity index (χ0n) is 22.9. The molecule has 10 heteroatoms. The third-order valence-electron chi connectivity index (χ3n) is 6.44. The first-order chi connectivity index (χ1) is 19.4. The molecule has 1 N–H and O–H groups in total. The summed E-state index contributed by atoms with van der Waals surface area (Å²) in [4.78, 5) is 18.2. The molecule has 1 aromatic heterocycles. The number of hydrogen-bond acceptors (Lipinski definition) is 6. The van der Waals surface area contributed by atoms with Gasteiger partial charge >= 0.3 is 12.1 Å². The van der Waals surface area contributed by atoms with Gasteiger partial charge in [-0.05, 0) is 68.7 Å². The Kier molecular flexibility index (Phi) is 9.22. The topological polar surface area (TPSA) is 71.9 Å². The number of anilines is 1. The van der Waals surface area contributed by atoms with E-state index < -0.39 is 23.3 Å². The van der Waals surface area contributed by atoms with E-state index in [0.717, 1.165) is 29.2 Å². The average Bonchev–Trinajstić information content (AvgIpc) is 3.42. The summed E-state index contributed by atoms with van der Waals surface area (Å²) in [7, 11) is 0. The lowest BCUT2D eigenvalue weighted by Crippen LogP contribution is -2.38. The van der Waals surface area contributed by atoms with Gasteiger partial charge in [-0.25, -0.2) is 9.78 Å². The Morgan fingerprint density at radius 3 is 2.34 bits per heavy atom. The fraction of sp³-hybridized carbons (Fsp3) is 0.290. The van der Waals surface area contributed by atoms with Crippen molar-refractivity contribution in [1.29, 1.82) is 0 Å². The molecule has 6 nitrogen and oxygen atoms in total. The molecular weight excluding hydrogens is 553 g/mol. The Morgan fingerprint density at radius 2 is 1.71 bits per heavy atom. The fourth-order valence-corrected chi connectivity index (χ4v) is 4.89. The first-order valence-corrected chi connectivity index (χ1v) is 13.9. The highest BCUT2D eigenvalue weighted by Gasteiger charge is 2.31. The summed E-state index contributed by atoms with van der Waals surface area (Å²) < 4.78 is 50.6. The standard InChI is InChI=1S/C31H31F3N2O4S/c1-21-19-25(13-14-27(21)40-30(2,3)28(37)38)39-18-17-36(16-15-22-7-5-4-6-8-22)29-35-26(20-41-29)23-9-11-24(12-10-23)31(32,33)34/h4-14,19-20H,15-18H2,1-3H3,(H,37,38). The first kappa shape index (κ1) is 29.9. The Hall–Kier alpha value is -4.05. The van der Waals surface area contributed by atoms with Crippen LogP contribution in [0.5, 0.6) is 11.5 Å². The Bertz CT molecular complexity index is 1450. The number of ether oxygens (including phenoxy) is 2. The summed E-state index contributed by atoms with van der Waals surface area (Å²) in [5, 5.41) is 11.9. The molecule has 41 heavy (non-hydrogen) atoms. The van der Waals surface area contributed by atoms with Gasteiger partial charge in [-0.2, -0.15) is 13.2 Å². The molecule has 3 aromatic carbocycles. The minimum atomic E-state index is -4.39. The molecule has 1 heterocycles. The molecule has 0 spiro atoms. The molecule has 0 fully saturated rings. The first-order valence-electron chi connectivity index (χ1n) is 13.0. The highest BCUT2D eigenvalue weighted by molar-refractivity contribution is 7.14. The molecule has 0 aliphatic carbocycles. The lowest BCUT2D eigenvalue weighted by atomic mass is 10.1. The third kappa shape index (κ3) is 8.00. The number of halogens is 3. The van der Waals surface area contributed by atoms with Crippen molar-refractivity contribution >= 4 is 22.4 Å². The van der Waals surface area contributed by atoms with Gasteiger partial charge in [0.25, 0.3) is 0 Å². The van der Waals surface area contributed by atoms with Crippen LogP contribution in [0.1, 0.15) is 30.5 Å². The Labute approximate surface area is 241 Å². The van der Waals surface area contributed by atoms with Crippen LogP contribution in [-0.4, -0.2) is 41.4 Å². The molecule has 0 bridgehead atoms. The van der Waals surface area contributed by atoms with E-state index in [-0.39, 0.29) is 0 Å². The molecule has 0 radical (unpaired) electrons. The summed E-state index contributed by atoms with van der Waals surface area (Å²) in [6.45, 7) is 6.35. The summed E-state index contributed by atoms with van der Waals surface area (Å²) >= 11 is 1.43. The molecule has 0 amide bonds. The van der Waals surface area contributed by atoms with Gasteiger partial charge in [0.05, 0.1) is 17.8 Å². The number of aryl methyl sites for hydroxylation is 1. The largest absolute Gasteiger partial charge is 0.492 e. The predicted molar refractivity (Wildman–Crippen MR) is 154 cm³/mol. The molecule has 0 saturated carbocycles. The van der Waals surface area contributed by atoms with E-state index in [2.05, 4.69) is 17.0 Å². The zero-order valence-corrected chi connectivity index (χ0v) is 23.8. The number of benzene rings is 3. The van der Waals surface area contributed by atoms with Crippen molar-refractivity contribution in [2.24, 2.45) is 0 Å². The summed E-state index contributed by atoms with van der Waals surface area (Å²) in [6, 6.07) is 20.3. The highest BCUT2D eigenvalue weighted by Crippen LogP contribution is 2.33. The maximum Gasteiger partial charge on any atom is 0.416 e. The number of nitrogens with zero attached hydrogens (tertiary/aromatic N) is 2. The van der Waals surface area contributed by atoms with Gasteiger partial charge in [-0.3, -0.25) is 0 Å². The third-order valence-corrected chi connectivity index (χ3v) is 7.34. The maximum atomic E-state index is 13.0. The van der Waals surface area contributed by atoms with Crippen molar-refractivity contribution in [2.45, 2.75) is 39.0 Å². The molecule has 0 aliphatic heterocycles. The average molecular weight is 585 g/mol. The van der Waals surface area contributed by atoms with Crippen LogP contribution in [0.15, 0.2) is 78.2 Å². The Balaban J connectivity index is 1.45. The minimum Gasteiger partial charge on any atom is -0.492 e. The summed E-state index contributed by atoms with van der Waals surface area (Å²) in [5.74, 6) is 0.0277. The molecule has 0 atom stereocenters. The SMILES string of the molecule is Cc1cc(OCCN(CCc2ccccc2)c2nc(-c3ccc(C(F)(F)F)cc3)cs2)ccc1OC(C)(C)C(=O)O. The Morgan fingerprint density at radius 1 is 1.00 bits per heavy atom. The van der Waals surface area contributed by atoms with Crippen LogP contribution in [0, 0.1) is 6.92 Å². The number of thiazole rings is 1. The highest BCUT2D eigenvalue weighted by atomic mass is 32.1. The number of aliphatic carboxylic acids is 1. The van der Waals surface area contributed by atoms with E-state index in [0.29, 0.717) is 42.5 Å². The van der Waals surface area contributed by atoms with E-state index in [9.17, 15) is 23.1 Å². The van der Waals surface area contributed by atoms with Crippen molar-refractivity contribution in [3.63, 3.8) is 0 Å². The molecular formula is C31H31F3N2O4S. The number of aromatic nitrogens is 1. The van der Waals surface area contributed by atoms with Gasteiger partial charge in [0.2, 0.25) is 0 Å². The van der Waals surface area contributed by atoms with Gasteiger partial charge in [-0.1, -0.05) is 42.5 Å². The zero-order chi connectivity index (χ0) is 29.6. The van der Waals surface area contributed by atoms with Crippen LogP contribution in [0.25, 0.3) is 11.3 Å². The van der Waals surface area contributed by atoms with Crippen LogP contribution in [0.2, 0.25) is 0 Å².